The monoisotopic (exact) mass is 293 g/mol. The zero-order valence-electron chi connectivity index (χ0n) is 11.1. The van der Waals surface area contributed by atoms with E-state index in [1.807, 2.05) is 4.90 Å². The number of esters is 1. The lowest BCUT2D eigenvalue weighted by Gasteiger charge is -2.32. The number of nitrogens with zero attached hydrogens (tertiary/aromatic N) is 1. The van der Waals surface area contributed by atoms with Crippen LogP contribution in [0.2, 0.25) is 5.02 Å². The second-order valence-corrected chi connectivity index (χ2v) is 5.72. The maximum absolute atomic E-state index is 12.4. The van der Waals surface area contributed by atoms with Crippen LogP contribution in [-0.2, 0) is 16.0 Å². The van der Waals surface area contributed by atoms with Crippen molar-refractivity contribution in [3.63, 3.8) is 0 Å². The molecule has 2 aliphatic rings. The molecule has 0 radical (unpaired) electrons. The smallest absolute Gasteiger partial charge is 0.339 e. The molecule has 1 amide bonds. The number of fused-ring (bicyclic) bond motifs is 1. The van der Waals surface area contributed by atoms with Crippen molar-refractivity contribution in [3.05, 3.63) is 34.3 Å². The topological polar surface area (TPSA) is 46.6 Å². The second kappa shape index (κ2) is 5.44. The van der Waals surface area contributed by atoms with Crippen molar-refractivity contribution < 1.29 is 14.3 Å². The number of amides is 1. The number of benzene rings is 1. The Morgan fingerprint density at radius 3 is 2.75 bits per heavy atom. The number of ether oxygens (including phenoxy) is 1. The van der Waals surface area contributed by atoms with Crippen molar-refractivity contribution in [1.29, 1.82) is 0 Å². The number of rotatable bonds is 1. The summed E-state index contributed by atoms with van der Waals surface area (Å²) in [6, 6.07) is 5.14. The molecule has 4 nitrogen and oxygen atoms in total. The van der Waals surface area contributed by atoms with E-state index in [2.05, 4.69) is 0 Å². The normalized spacial score (nSPS) is 22.1. The Balaban J connectivity index is 1.79. The Hall–Kier alpha value is -1.55. The molecule has 1 atom stereocenters. The highest BCUT2D eigenvalue weighted by molar-refractivity contribution is 6.31. The molecule has 0 spiro atoms. The summed E-state index contributed by atoms with van der Waals surface area (Å²) in [6.45, 7) is 1.53. The van der Waals surface area contributed by atoms with Crippen LogP contribution in [-0.4, -0.2) is 36.0 Å². The molecular weight excluding hydrogens is 278 g/mol. The highest BCUT2D eigenvalue weighted by atomic mass is 35.5. The van der Waals surface area contributed by atoms with Crippen LogP contribution in [0, 0.1) is 0 Å². The van der Waals surface area contributed by atoms with Crippen LogP contribution in [0.3, 0.4) is 0 Å². The van der Waals surface area contributed by atoms with Gasteiger partial charge in [-0.25, -0.2) is 4.79 Å². The summed E-state index contributed by atoms with van der Waals surface area (Å²) in [5, 5.41) is 0.501. The van der Waals surface area contributed by atoms with Gasteiger partial charge in [0.05, 0.1) is 5.56 Å². The minimum absolute atomic E-state index is 0.0707. The van der Waals surface area contributed by atoms with Crippen LogP contribution < -0.4 is 0 Å². The number of piperidine rings is 1. The zero-order valence-corrected chi connectivity index (χ0v) is 11.9. The number of halogens is 1. The standard InChI is InChI=1S/C15H16ClNO3/c16-11-5-4-10-8-13(20-15(19)12(10)9-11)14(18)17-6-2-1-3-7-17/h4-5,9,13H,1-3,6-8H2/t13-/m1/s1. The van der Waals surface area contributed by atoms with Gasteiger partial charge in [0, 0.05) is 24.5 Å². The van der Waals surface area contributed by atoms with Crippen molar-refractivity contribution in [3.8, 4) is 0 Å². The minimum atomic E-state index is -0.686. The van der Waals surface area contributed by atoms with Crippen molar-refractivity contribution in [2.24, 2.45) is 0 Å². The molecule has 2 heterocycles. The van der Waals surface area contributed by atoms with E-state index in [-0.39, 0.29) is 5.91 Å². The molecule has 1 fully saturated rings. The zero-order chi connectivity index (χ0) is 14.1. The molecule has 20 heavy (non-hydrogen) atoms. The van der Waals surface area contributed by atoms with E-state index in [1.54, 1.807) is 18.2 Å². The van der Waals surface area contributed by atoms with Gasteiger partial charge in [-0.15, -0.1) is 0 Å². The van der Waals surface area contributed by atoms with E-state index in [0.717, 1.165) is 37.9 Å². The minimum Gasteiger partial charge on any atom is -0.448 e. The molecule has 2 aliphatic heterocycles. The van der Waals surface area contributed by atoms with E-state index in [9.17, 15) is 9.59 Å². The van der Waals surface area contributed by atoms with Gasteiger partial charge in [0.1, 0.15) is 0 Å². The number of hydrogen-bond acceptors (Lipinski definition) is 3. The summed E-state index contributed by atoms with van der Waals surface area (Å²) in [5.41, 5.74) is 1.31. The van der Waals surface area contributed by atoms with Gasteiger partial charge < -0.3 is 9.64 Å². The predicted molar refractivity (Wildman–Crippen MR) is 74.8 cm³/mol. The summed E-state index contributed by atoms with van der Waals surface area (Å²) in [7, 11) is 0. The van der Waals surface area contributed by atoms with Crippen molar-refractivity contribution in [2.75, 3.05) is 13.1 Å². The summed E-state index contributed by atoms with van der Waals surface area (Å²) in [5.74, 6) is -0.525. The van der Waals surface area contributed by atoms with Gasteiger partial charge in [-0.2, -0.15) is 0 Å². The van der Waals surface area contributed by atoms with Crippen LogP contribution >= 0.6 is 11.6 Å². The number of carbonyl (C=O) groups excluding carboxylic acids is 2. The molecule has 1 aromatic carbocycles. The largest absolute Gasteiger partial charge is 0.448 e. The van der Waals surface area contributed by atoms with Crippen molar-refractivity contribution in [1.82, 2.24) is 4.90 Å². The average molecular weight is 294 g/mol. The maximum Gasteiger partial charge on any atom is 0.339 e. The first-order valence-corrected chi connectivity index (χ1v) is 7.31. The molecule has 0 aromatic heterocycles. The van der Waals surface area contributed by atoms with Gasteiger partial charge in [0.15, 0.2) is 6.10 Å². The van der Waals surface area contributed by atoms with E-state index in [0.29, 0.717) is 17.0 Å². The molecule has 3 rings (SSSR count). The Morgan fingerprint density at radius 2 is 2.00 bits per heavy atom. The molecule has 1 aromatic rings. The summed E-state index contributed by atoms with van der Waals surface area (Å²) in [4.78, 5) is 26.2. The Bertz CT molecular complexity index is 552. The highest BCUT2D eigenvalue weighted by Gasteiger charge is 2.34. The molecular formula is C15H16ClNO3. The third-order valence-electron chi connectivity index (χ3n) is 3.89. The first-order valence-electron chi connectivity index (χ1n) is 6.93. The fourth-order valence-electron chi connectivity index (χ4n) is 2.81. The number of hydrogen-bond donors (Lipinski definition) is 0. The van der Waals surface area contributed by atoms with Crippen molar-refractivity contribution in [2.45, 2.75) is 31.8 Å². The lowest BCUT2D eigenvalue weighted by molar-refractivity contribution is -0.142. The molecule has 106 valence electrons. The van der Waals surface area contributed by atoms with E-state index in [1.165, 1.54) is 0 Å². The molecule has 0 aliphatic carbocycles. The van der Waals surface area contributed by atoms with E-state index < -0.39 is 12.1 Å². The predicted octanol–water partition coefficient (Wildman–Crippen LogP) is 2.43. The molecule has 0 N–H and O–H groups in total. The van der Waals surface area contributed by atoms with E-state index >= 15 is 0 Å². The van der Waals surface area contributed by atoms with Crippen LogP contribution in [0.25, 0.3) is 0 Å². The number of cyclic esters (lactones) is 1. The third kappa shape index (κ3) is 2.52. The van der Waals surface area contributed by atoms with Crippen molar-refractivity contribution >= 4 is 23.5 Å². The van der Waals surface area contributed by atoms with Crippen LogP contribution in [0.15, 0.2) is 18.2 Å². The van der Waals surface area contributed by atoms with Gasteiger partial charge in [-0.1, -0.05) is 17.7 Å². The SMILES string of the molecule is O=C1O[C@@H](C(=O)N2CCCCC2)Cc2ccc(Cl)cc21. The molecule has 5 heteroatoms. The summed E-state index contributed by atoms with van der Waals surface area (Å²) in [6.07, 6.45) is 2.97. The van der Waals surface area contributed by atoms with Gasteiger partial charge in [-0.3, -0.25) is 4.79 Å². The van der Waals surface area contributed by atoms with Gasteiger partial charge in [-0.05, 0) is 37.0 Å². The number of likely N-dealkylation sites (tertiary alicyclic amines) is 1. The quantitative estimate of drug-likeness (QED) is 0.747. The lowest BCUT2D eigenvalue weighted by atomic mass is 9.97. The molecule has 0 unspecified atom stereocenters. The molecule has 0 bridgehead atoms. The first-order chi connectivity index (χ1) is 9.65. The third-order valence-corrected chi connectivity index (χ3v) is 4.12. The highest BCUT2D eigenvalue weighted by Crippen LogP contribution is 2.25. The molecule has 1 saturated heterocycles. The van der Waals surface area contributed by atoms with Crippen LogP contribution in [0.1, 0.15) is 35.2 Å². The van der Waals surface area contributed by atoms with Gasteiger partial charge >= 0.3 is 5.97 Å². The summed E-state index contributed by atoms with van der Waals surface area (Å²) < 4.78 is 5.29. The Kier molecular flexibility index (Phi) is 3.66. The maximum atomic E-state index is 12.4. The first kappa shape index (κ1) is 13.4. The van der Waals surface area contributed by atoms with Gasteiger partial charge in [0.2, 0.25) is 0 Å². The fraction of sp³-hybridized carbons (Fsp3) is 0.467. The number of carbonyl (C=O) groups is 2. The summed E-state index contributed by atoms with van der Waals surface area (Å²) >= 11 is 5.88. The van der Waals surface area contributed by atoms with E-state index in [4.69, 9.17) is 16.3 Å². The van der Waals surface area contributed by atoms with Gasteiger partial charge in [0.25, 0.3) is 5.91 Å². The average Bonchev–Trinajstić information content (AvgIpc) is 2.48. The second-order valence-electron chi connectivity index (χ2n) is 5.29. The van der Waals surface area contributed by atoms with Crippen LogP contribution in [0.5, 0.6) is 0 Å². The van der Waals surface area contributed by atoms with Crippen LogP contribution in [0.4, 0.5) is 0 Å². The lowest BCUT2D eigenvalue weighted by Crippen LogP contribution is -2.46. The Morgan fingerprint density at radius 1 is 1.25 bits per heavy atom. The Labute approximate surface area is 122 Å². The molecule has 0 saturated carbocycles. The fourth-order valence-corrected chi connectivity index (χ4v) is 2.98.